The van der Waals surface area contributed by atoms with E-state index in [0.29, 0.717) is 19.5 Å². The van der Waals surface area contributed by atoms with Crippen LogP contribution in [0.4, 0.5) is 10.5 Å². The number of carboxylic acids is 1. The van der Waals surface area contributed by atoms with Gasteiger partial charge in [0, 0.05) is 18.8 Å². The zero-order valence-corrected chi connectivity index (χ0v) is 13.2. The van der Waals surface area contributed by atoms with Crippen LogP contribution in [0.1, 0.15) is 31.9 Å². The van der Waals surface area contributed by atoms with Crippen molar-refractivity contribution in [1.82, 2.24) is 4.90 Å². The third-order valence-corrected chi connectivity index (χ3v) is 3.35. The highest BCUT2D eigenvalue weighted by Gasteiger charge is 2.26. The summed E-state index contributed by atoms with van der Waals surface area (Å²) >= 11 is 0. The van der Waals surface area contributed by atoms with E-state index in [9.17, 15) is 9.59 Å². The van der Waals surface area contributed by atoms with E-state index in [1.54, 1.807) is 4.90 Å². The molecule has 2 rings (SSSR count). The first-order chi connectivity index (χ1) is 10.3. The van der Waals surface area contributed by atoms with Crippen LogP contribution in [0, 0.1) is 0 Å². The smallest absolute Gasteiger partial charge is 0.410 e. The molecular formula is C16H22N2O4. The molecule has 1 aromatic carbocycles. The second-order valence-electron chi connectivity index (χ2n) is 6.34. The minimum atomic E-state index is -0.899. The van der Waals surface area contributed by atoms with Crippen molar-refractivity contribution in [3.05, 3.63) is 29.3 Å². The van der Waals surface area contributed by atoms with Gasteiger partial charge in [0.15, 0.2) is 0 Å². The summed E-state index contributed by atoms with van der Waals surface area (Å²) < 4.78 is 5.40. The molecule has 0 aliphatic carbocycles. The van der Waals surface area contributed by atoms with Gasteiger partial charge >= 0.3 is 12.1 Å². The first kappa shape index (κ1) is 16.1. The average molecular weight is 306 g/mol. The Morgan fingerprint density at radius 3 is 2.73 bits per heavy atom. The largest absolute Gasteiger partial charge is 0.480 e. The number of carbonyl (C=O) groups excluding carboxylic acids is 1. The molecule has 1 aromatic rings. The van der Waals surface area contributed by atoms with Gasteiger partial charge in [-0.1, -0.05) is 12.1 Å². The van der Waals surface area contributed by atoms with Gasteiger partial charge < -0.3 is 20.1 Å². The molecule has 6 nitrogen and oxygen atoms in total. The van der Waals surface area contributed by atoms with Crippen molar-refractivity contribution in [1.29, 1.82) is 0 Å². The molecular weight excluding hydrogens is 284 g/mol. The van der Waals surface area contributed by atoms with Crippen LogP contribution in [-0.4, -0.2) is 40.8 Å². The van der Waals surface area contributed by atoms with Gasteiger partial charge in [-0.25, -0.2) is 4.79 Å². The predicted molar refractivity (Wildman–Crippen MR) is 82.9 cm³/mol. The van der Waals surface area contributed by atoms with Crippen molar-refractivity contribution in [3.8, 4) is 0 Å². The van der Waals surface area contributed by atoms with Crippen LogP contribution >= 0.6 is 0 Å². The molecule has 0 unspecified atom stereocenters. The number of rotatable bonds is 3. The van der Waals surface area contributed by atoms with Gasteiger partial charge in [0.25, 0.3) is 0 Å². The predicted octanol–water partition coefficient (Wildman–Crippen LogP) is 2.48. The van der Waals surface area contributed by atoms with Gasteiger partial charge in [-0.3, -0.25) is 4.79 Å². The van der Waals surface area contributed by atoms with Gasteiger partial charge in [-0.05, 0) is 44.4 Å². The minimum Gasteiger partial charge on any atom is -0.480 e. The number of nitrogens with zero attached hydrogens (tertiary/aromatic N) is 1. The third-order valence-electron chi connectivity index (χ3n) is 3.35. The number of nitrogens with one attached hydrogen (secondary N) is 1. The number of ether oxygens (including phenoxy) is 1. The second kappa shape index (κ2) is 6.25. The third kappa shape index (κ3) is 4.13. The molecule has 1 aliphatic heterocycles. The molecule has 0 aromatic heterocycles. The molecule has 0 saturated carbocycles. The van der Waals surface area contributed by atoms with E-state index in [-0.39, 0.29) is 12.6 Å². The van der Waals surface area contributed by atoms with Crippen LogP contribution in [-0.2, 0) is 22.5 Å². The fraction of sp³-hybridized carbons (Fsp3) is 0.500. The molecule has 22 heavy (non-hydrogen) atoms. The summed E-state index contributed by atoms with van der Waals surface area (Å²) in [6.45, 7) is 6.46. The summed E-state index contributed by atoms with van der Waals surface area (Å²) in [7, 11) is 0. The van der Waals surface area contributed by atoms with Gasteiger partial charge in [-0.2, -0.15) is 0 Å². The van der Waals surface area contributed by atoms with E-state index in [0.717, 1.165) is 16.8 Å². The maximum absolute atomic E-state index is 12.1. The number of hydrogen-bond acceptors (Lipinski definition) is 4. The van der Waals surface area contributed by atoms with Crippen LogP contribution < -0.4 is 5.32 Å². The molecule has 0 fully saturated rings. The first-order valence-corrected chi connectivity index (χ1v) is 7.30. The van der Waals surface area contributed by atoms with E-state index in [1.807, 2.05) is 39.0 Å². The molecule has 6 heteroatoms. The van der Waals surface area contributed by atoms with Crippen LogP contribution in [0.3, 0.4) is 0 Å². The molecule has 0 atom stereocenters. The lowest BCUT2D eigenvalue weighted by Crippen LogP contribution is -2.40. The summed E-state index contributed by atoms with van der Waals surface area (Å²) in [5.41, 5.74) is 2.40. The summed E-state index contributed by atoms with van der Waals surface area (Å²) in [6.07, 6.45) is 0.360. The lowest BCUT2D eigenvalue weighted by molar-refractivity contribution is -0.134. The molecule has 120 valence electrons. The summed E-state index contributed by atoms with van der Waals surface area (Å²) in [4.78, 5) is 24.5. The van der Waals surface area contributed by atoms with Crippen molar-refractivity contribution in [2.75, 3.05) is 18.4 Å². The lowest BCUT2D eigenvalue weighted by atomic mass is 9.98. The topological polar surface area (TPSA) is 78.9 Å². The number of carbonyl (C=O) groups is 2. The summed E-state index contributed by atoms with van der Waals surface area (Å²) in [6, 6.07) is 5.68. The minimum absolute atomic E-state index is 0.119. The second-order valence-corrected chi connectivity index (χ2v) is 6.34. The maximum atomic E-state index is 12.1. The number of amides is 1. The Morgan fingerprint density at radius 2 is 2.09 bits per heavy atom. The van der Waals surface area contributed by atoms with Crippen LogP contribution in [0.15, 0.2) is 18.2 Å². The Hall–Kier alpha value is -2.24. The van der Waals surface area contributed by atoms with Crippen molar-refractivity contribution < 1.29 is 19.4 Å². The highest BCUT2D eigenvalue weighted by molar-refractivity contribution is 5.74. The first-order valence-electron chi connectivity index (χ1n) is 7.30. The maximum Gasteiger partial charge on any atom is 0.410 e. The van der Waals surface area contributed by atoms with E-state index >= 15 is 0 Å². The fourth-order valence-electron chi connectivity index (χ4n) is 2.43. The number of carboxylic acid groups (broad SMARTS) is 1. The SMILES string of the molecule is CC(C)(C)OC(=O)N1CCc2c(cccc2NCC(=O)O)C1. The van der Waals surface area contributed by atoms with Gasteiger partial charge in [0.2, 0.25) is 0 Å². The van der Waals surface area contributed by atoms with Gasteiger partial charge in [-0.15, -0.1) is 0 Å². The zero-order chi connectivity index (χ0) is 16.3. The molecule has 1 aliphatic rings. The molecule has 0 bridgehead atoms. The van der Waals surface area contributed by atoms with Crippen LogP contribution in [0.25, 0.3) is 0 Å². The Balaban J connectivity index is 2.09. The standard InChI is InChI=1S/C16H22N2O4/c1-16(2,3)22-15(21)18-8-7-12-11(10-18)5-4-6-13(12)17-9-14(19)20/h4-6,17H,7-10H2,1-3H3,(H,19,20). The lowest BCUT2D eigenvalue weighted by Gasteiger charge is -2.32. The Bertz CT molecular complexity index is 578. The number of hydrogen-bond donors (Lipinski definition) is 2. The quantitative estimate of drug-likeness (QED) is 0.897. The summed E-state index contributed by atoms with van der Waals surface area (Å²) in [5, 5.41) is 11.7. The molecule has 1 amide bonds. The number of anilines is 1. The number of fused-ring (bicyclic) bond motifs is 1. The molecule has 1 heterocycles. The fourth-order valence-corrected chi connectivity index (χ4v) is 2.43. The summed E-state index contributed by atoms with van der Waals surface area (Å²) in [5.74, 6) is -0.899. The highest BCUT2D eigenvalue weighted by atomic mass is 16.6. The van der Waals surface area contributed by atoms with Gasteiger partial charge in [0.1, 0.15) is 12.1 Å². The number of aliphatic carboxylic acids is 1. The van der Waals surface area contributed by atoms with Gasteiger partial charge in [0.05, 0.1) is 0 Å². The normalized spacial score (nSPS) is 14.2. The van der Waals surface area contributed by atoms with Crippen molar-refractivity contribution >= 4 is 17.7 Å². The van der Waals surface area contributed by atoms with E-state index < -0.39 is 11.6 Å². The average Bonchev–Trinajstić information content (AvgIpc) is 2.42. The van der Waals surface area contributed by atoms with Crippen LogP contribution in [0.5, 0.6) is 0 Å². The van der Waals surface area contributed by atoms with Crippen molar-refractivity contribution in [2.24, 2.45) is 0 Å². The van der Waals surface area contributed by atoms with E-state index in [1.165, 1.54) is 0 Å². The monoisotopic (exact) mass is 306 g/mol. The highest BCUT2D eigenvalue weighted by Crippen LogP contribution is 2.27. The molecule has 0 saturated heterocycles. The van der Waals surface area contributed by atoms with E-state index in [4.69, 9.17) is 9.84 Å². The molecule has 0 spiro atoms. The zero-order valence-electron chi connectivity index (χ0n) is 13.2. The number of benzene rings is 1. The van der Waals surface area contributed by atoms with Crippen LogP contribution in [0.2, 0.25) is 0 Å². The Kier molecular flexibility index (Phi) is 4.59. The van der Waals surface area contributed by atoms with Crippen molar-refractivity contribution in [3.63, 3.8) is 0 Å². The Labute approximate surface area is 130 Å². The van der Waals surface area contributed by atoms with E-state index in [2.05, 4.69) is 5.32 Å². The van der Waals surface area contributed by atoms with Crippen molar-refractivity contribution in [2.45, 2.75) is 39.3 Å². The Morgan fingerprint density at radius 1 is 1.36 bits per heavy atom. The molecule has 2 N–H and O–H groups in total. The molecule has 0 radical (unpaired) electrons.